The summed E-state index contributed by atoms with van der Waals surface area (Å²) in [6, 6.07) is 10.2. The van der Waals surface area contributed by atoms with Crippen LogP contribution >= 0.6 is 0 Å². The third-order valence-electron chi connectivity index (χ3n) is 6.37. The molecule has 36 heavy (non-hydrogen) atoms. The van der Waals surface area contributed by atoms with Crippen molar-refractivity contribution in [3.8, 4) is 0 Å². The Balaban J connectivity index is 1.85. The lowest BCUT2D eigenvalue weighted by molar-refractivity contribution is -0.138. The summed E-state index contributed by atoms with van der Waals surface area (Å²) in [6.07, 6.45) is 0.201. The van der Waals surface area contributed by atoms with Crippen LogP contribution in [0.5, 0.6) is 0 Å². The quantitative estimate of drug-likeness (QED) is 0.333. The van der Waals surface area contributed by atoms with E-state index < -0.39 is 29.1 Å². The fraction of sp³-hybridized carbons (Fsp3) is 0.462. The lowest BCUT2D eigenvalue weighted by atomic mass is 9.94. The van der Waals surface area contributed by atoms with Gasteiger partial charge in [0.2, 0.25) is 5.91 Å². The van der Waals surface area contributed by atoms with Gasteiger partial charge in [0.1, 0.15) is 11.2 Å². The number of hydrogen-bond donors (Lipinski definition) is 1. The first-order chi connectivity index (χ1) is 17.1. The number of alkyl halides is 3. The van der Waals surface area contributed by atoms with Gasteiger partial charge in [0.15, 0.2) is 5.84 Å². The second kappa shape index (κ2) is 11.5. The van der Waals surface area contributed by atoms with Gasteiger partial charge in [0.05, 0.1) is 11.1 Å². The summed E-state index contributed by atoms with van der Waals surface area (Å²) in [5, 5.41) is 0. The number of aliphatic imine (C=N–C) groups is 1. The van der Waals surface area contributed by atoms with E-state index in [1.54, 1.807) is 25.3 Å². The number of primary amides is 1. The molecule has 1 fully saturated rings. The lowest BCUT2D eigenvalue weighted by Gasteiger charge is -2.37. The number of aromatic nitrogens is 1. The molecule has 1 aliphatic rings. The number of carbonyl (C=O) groups is 2. The molecular formula is C26H32F3N5O2. The van der Waals surface area contributed by atoms with Crippen LogP contribution in [0.2, 0.25) is 0 Å². The van der Waals surface area contributed by atoms with Crippen LogP contribution < -0.4 is 5.73 Å². The Bertz CT molecular complexity index is 1080. The molecule has 0 bridgehead atoms. The maximum atomic E-state index is 13.4. The van der Waals surface area contributed by atoms with Gasteiger partial charge in [-0.2, -0.15) is 13.2 Å². The fourth-order valence-electron chi connectivity index (χ4n) is 4.18. The molecule has 7 nitrogen and oxygen atoms in total. The Labute approximate surface area is 209 Å². The van der Waals surface area contributed by atoms with E-state index >= 15 is 0 Å². The molecule has 1 saturated heterocycles. The predicted octanol–water partition coefficient (Wildman–Crippen LogP) is 4.13. The number of nitrogens with two attached hydrogens (primary N) is 1. The highest BCUT2D eigenvalue weighted by atomic mass is 19.4. The largest absolute Gasteiger partial charge is 0.417 e. The van der Waals surface area contributed by atoms with E-state index in [0.717, 1.165) is 25.3 Å². The lowest BCUT2D eigenvalue weighted by Crippen LogP contribution is -2.52. The molecule has 3 rings (SSSR count). The van der Waals surface area contributed by atoms with E-state index in [-0.39, 0.29) is 18.7 Å². The summed E-state index contributed by atoms with van der Waals surface area (Å²) < 4.78 is 40.3. The zero-order valence-electron chi connectivity index (χ0n) is 20.6. The van der Waals surface area contributed by atoms with E-state index in [9.17, 15) is 22.8 Å². The average Bonchev–Trinajstić information content (AvgIpc) is 2.87. The molecule has 10 heteroatoms. The van der Waals surface area contributed by atoms with Crippen LogP contribution in [0.3, 0.4) is 0 Å². The molecule has 0 aliphatic carbocycles. The summed E-state index contributed by atoms with van der Waals surface area (Å²) in [5.41, 5.74) is 3.86. The van der Waals surface area contributed by atoms with Gasteiger partial charge in [-0.1, -0.05) is 44.4 Å². The topological polar surface area (TPSA) is 91.9 Å². The number of amides is 2. The minimum Gasteiger partial charge on any atom is -0.368 e. The first-order valence-corrected chi connectivity index (χ1v) is 12.1. The normalized spacial score (nSPS) is 16.5. The number of amidine groups is 1. The fourth-order valence-corrected chi connectivity index (χ4v) is 4.18. The number of nitrogens with zero attached hydrogens (tertiary/aromatic N) is 4. The maximum Gasteiger partial charge on any atom is 0.417 e. The van der Waals surface area contributed by atoms with Crippen molar-refractivity contribution in [3.05, 3.63) is 65.5 Å². The summed E-state index contributed by atoms with van der Waals surface area (Å²) in [7, 11) is 0. The van der Waals surface area contributed by atoms with E-state index in [2.05, 4.69) is 11.9 Å². The average molecular weight is 504 g/mol. The summed E-state index contributed by atoms with van der Waals surface area (Å²) in [6.45, 7) is 4.80. The smallest absolute Gasteiger partial charge is 0.368 e. The molecule has 1 aromatic carbocycles. The molecule has 194 valence electrons. The number of pyridine rings is 1. The highest BCUT2D eigenvalue weighted by molar-refractivity contribution is 6.00. The molecule has 1 atom stereocenters. The van der Waals surface area contributed by atoms with Crippen molar-refractivity contribution >= 4 is 17.6 Å². The van der Waals surface area contributed by atoms with E-state index in [1.165, 1.54) is 23.1 Å². The van der Waals surface area contributed by atoms with Gasteiger partial charge in [-0.3, -0.25) is 19.6 Å². The monoisotopic (exact) mass is 503 g/mol. The summed E-state index contributed by atoms with van der Waals surface area (Å²) in [4.78, 5) is 37.9. The summed E-state index contributed by atoms with van der Waals surface area (Å²) in [5.74, 6) is -0.721. The predicted molar refractivity (Wildman–Crippen MR) is 131 cm³/mol. The molecule has 2 amide bonds. The third kappa shape index (κ3) is 6.41. The molecule has 2 N–H and O–H groups in total. The third-order valence-corrected chi connectivity index (χ3v) is 6.37. The van der Waals surface area contributed by atoms with Crippen molar-refractivity contribution in [2.75, 3.05) is 26.2 Å². The Kier molecular flexibility index (Phi) is 8.70. The van der Waals surface area contributed by atoms with Crippen molar-refractivity contribution in [1.29, 1.82) is 0 Å². The van der Waals surface area contributed by atoms with Crippen LogP contribution in [-0.4, -0.2) is 64.2 Å². The Hall–Kier alpha value is -3.43. The number of unbranched alkanes of at least 4 members (excludes halogenated alkanes) is 2. The van der Waals surface area contributed by atoms with Gasteiger partial charge < -0.3 is 15.5 Å². The van der Waals surface area contributed by atoms with E-state index in [1.807, 2.05) is 11.0 Å². The van der Waals surface area contributed by atoms with Gasteiger partial charge in [-0.05, 0) is 37.6 Å². The highest BCUT2D eigenvalue weighted by Crippen LogP contribution is 2.32. The number of rotatable bonds is 8. The number of hydrogen-bond acceptors (Lipinski definition) is 4. The first kappa shape index (κ1) is 27.2. The SMILES string of the molecule is CCCCCC(C)(N=C(c1ccccn1)N1CCN(C(=O)c2ccccc2C(F)(F)F)CC1)C(N)=O. The van der Waals surface area contributed by atoms with Crippen LogP contribution in [0.15, 0.2) is 53.7 Å². The maximum absolute atomic E-state index is 13.4. The standard InChI is InChI=1S/C26H32F3N5O2/c1-3-4-8-13-25(2,24(30)36)32-22(21-12-7-9-14-31-21)33-15-17-34(18-16-33)23(35)19-10-5-6-11-20(19)26(27,28)29/h5-7,9-12,14H,3-4,8,13,15-18H2,1-2H3,(H2,30,36). The van der Waals surface area contributed by atoms with Gasteiger partial charge in [-0.25, -0.2) is 0 Å². The molecule has 0 spiro atoms. The van der Waals surface area contributed by atoms with Crippen molar-refractivity contribution in [3.63, 3.8) is 0 Å². The zero-order valence-corrected chi connectivity index (χ0v) is 20.6. The molecule has 0 radical (unpaired) electrons. The Morgan fingerprint density at radius 2 is 1.64 bits per heavy atom. The second-order valence-electron chi connectivity index (χ2n) is 9.07. The Morgan fingerprint density at radius 1 is 1.00 bits per heavy atom. The van der Waals surface area contributed by atoms with Crippen molar-refractivity contribution < 1.29 is 22.8 Å². The molecule has 1 aromatic heterocycles. The first-order valence-electron chi connectivity index (χ1n) is 12.1. The van der Waals surface area contributed by atoms with Crippen LogP contribution in [0.1, 0.15) is 61.1 Å². The zero-order chi connectivity index (χ0) is 26.3. The number of halogens is 3. The molecular weight excluding hydrogens is 471 g/mol. The van der Waals surface area contributed by atoms with Crippen LogP contribution in [0.25, 0.3) is 0 Å². The number of carbonyl (C=O) groups excluding carboxylic acids is 2. The van der Waals surface area contributed by atoms with Gasteiger partial charge >= 0.3 is 6.18 Å². The van der Waals surface area contributed by atoms with Gasteiger partial charge in [-0.15, -0.1) is 0 Å². The molecule has 0 saturated carbocycles. The molecule has 1 aliphatic heterocycles. The van der Waals surface area contributed by atoms with Crippen molar-refractivity contribution in [1.82, 2.24) is 14.8 Å². The van der Waals surface area contributed by atoms with Gasteiger partial charge in [0.25, 0.3) is 5.91 Å². The molecule has 2 heterocycles. The minimum atomic E-state index is -4.62. The van der Waals surface area contributed by atoms with Crippen molar-refractivity contribution in [2.45, 2.75) is 51.2 Å². The number of piperazine rings is 1. The number of benzene rings is 1. The second-order valence-corrected chi connectivity index (χ2v) is 9.07. The molecule has 1 unspecified atom stereocenters. The van der Waals surface area contributed by atoms with Crippen LogP contribution in [0, 0.1) is 0 Å². The van der Waals surface area contributed by atoms with E-state index in [0.29, 0.717) is 31.0 Å². The van der Waals surface area contributed by atoms with Gasteiger partial charge in [0, 0.05) is 32.4 Å². The minimum absolute atomic E-state index is 0.194. The summed E-state index contributed by atoms with van der Waals surface area (Å²) >= 11 is 0. The highest BCUT2D eigenvalue weighted by Gasteiger charge is 2.37. The van der Waals surface area contributed by atoms with Crippen LogP contribution in [-0.2, 0) is 11.0 Å². The van der Waals surface area contributed by atoms with Crippen molar-refractivity contribution in [2.24, 2.45) is 10.7 Å². The Morgan fingerprint density at radius 3 is 2.22 bits per heavy atom. The van der Waals surface area contributed by atoms with Crippen LogP contribution in [0.4, 0.5) is 13.2 Å². The molecule has 2 aromatic rings. The van der Waals surface area contributed by atoms with E-state index in [4.69, 9.17) is 10.7 Å².